The molecule has 85 heavy (non-hydrogen) atoms. The molecule has 492 valence electrons. The zero-order chi connectivity index (χ0) is 63.5. The summed E-state index contributed by atoms with van der Waals surface area (Å²) in [5.41, 5.74) is 0. The Hall–Kier alpha value is -3.33. The molecule has 6 fully saturated rings. The summed E-state index contributed by atoms with van der Waals surface area (Å²) in [4.78, 5) is 50.9. The van der Waals surface area contributed by atoms with E-state index in [1.54, 1.807) is 0 Å². The van der Waals surface area contributed by atoms with Crippen LogP contribution in [0.3, 0.4) is 0 Å². The molecule has 21 N–H and O–H groups in total. The maximum Gasteiger partial charge on any atom is 0.397 e. The molecule has 0 saturated carbocycles. The standard InChI is InChI=1S/C45H75N3O36S/c1-11-24(58)29(63)30(64)41(74-11)81-36-23(48-14(4)55)40(82-37-27(61)18(8-51)76-42(31(37)65)80-34-22(47-13(3)54)39(67)75-17(7-50)26(34)60)78-20(10-73-85(70,71)72)33(36)79-43-32(66)38(28(62)19(9-52)77-43)84-45(44(68)69)5-15(56)21(46-12(2)53)35(83-45)25(59)16(57)6-49/h11,15-43,49-52,56-67H,5-10H2,1-4H3,(H,46,53)(H,47,54)(H,48,55)(H,68,69)(H,70,71,72)/t11-,15-,16+,17+,18+,19+,20+,21+,22+,23+,24+,25+,26-,27-,28-,29+,30-,31+,32+,33+,34+,35+,36+,37-,38-,39+,40-,41-,42-,43-,45-/m0/s1. The molecule has 6 aliphatic heterocycles. The summed E-state index contributed by atoms with van der Waals surface area (Å²) >= 11 is 0. The lowest BCUT2D eigenvalue weighted by Gasteiger charge is -2.52. The number of ether oxygens (including phenoxy) is 11. The third-order valence-electron chi connectivity index (χ3n) is 14.8. The van der Waals surface area contributed by atoms with E-state index in [4.69, 9.17) is 52.1 Å². The Balaban J connectivity index is 1.44. The van der Waals surface area contributed by atoms with Crippen LogP contribution in [0.15, 0.2) is 0 Å². The van der Waals surface area contributed by atoms with E-state index in [-0.39, 0.29) is 0 Å². The van der Waals surface area contributed by atoms with Gasteiger partial charge in [-0.25, -0.2) is 8.98 Å². The predicted molar refractivity (Wildman–Crippen MR) is 260 cm³/mol. The highest BCUT2D eigenvalue weighted by molar-refractivity contribution is 7.80. The number of aliphatic carboxylic acids is 1. The van der Waals surface area contributed by atoms with Gasteiger partial charge in [-0.05, 0) is 6.92 Å². The van der Waals surface area contributed by atoms with Gasteiger partial charge in [0.05, 0.1) is 51.3 Å². The zero-order valence-corrected chi connectivity index (χ0v) is 46.2. The fourth-order valence-electron chi connectivity index (χ4n) is 10.5. The number of rotatable bonds is 23. The van der Waals surface area contributed by atoms with Gasteiger partial charge in [0.15, 0.2) is 31.5 Å². The van der Waals surface area contributed by atoms with Crippen molar-refractivity contribution < 1.29 is 175 Å². The number of nitrogens with one attached hydrogen (secondary N) is 3. The van der Waals surface area contributed by atoms with Crippen LogP contribution in [0, 0.1) is 0 Å². The molecule has 0 aromatic rings. The van der Waals surface area contributed by atoms with Gasteiger partial charge in [-0.15, -0.1) is 0 Å². The van der Waals surface area contributed by atoms with Crippen molar-refractivity contribution in [2.45, 2.75) is 224 Å². The number of carboxylic acid groups (broad SMARTS) is 1. The summed E-state index contributed by atoms with van der Waals surface area (Å²) in [6.45, 7) is -2.05. The van der Waals surface area contributed by atoms with Crippen molar-refractivity contribution in [2.75, 3.05) is 33.0 Å². The highest BCUT2D eigenvalue weighted by atomic mass is 32.3. The van der Waals surface area contributed by atoms with Crippen LogP contribution in [0.1, 0.15) is 34.1 Å². The summed E-state index contributed by atoms with van der Waals surface area (Å²) in [6, 6.07) is -5.57. The first-order chi connectivity index (χ1) is 39.7. The predicted octanol–water partition coefficient (Wildman–Crippen LogP) is -13.6. The minimum absolute atomic E-state index is 0.821. The molecule has 31 atom stereocenters. The number of carboxylic acids is 1. The van der Waals surface area contributed by atoms with Gasteiger partial charge in [0.2, 0.25) is 17.7 Å². The summed E-state index contributed by atoms with van der Waals surface area (Å²) in [5.74, 6) is -8.28. The fourth-order valence-corrected chi connectivity index (χ4v) is 10.8. The molecule has 3 amide bonds. The van der Waals surface area contributed by atoms with E-state index < -0.39 is 263 Å². The lowest BCUT2D eigenvalue weighted by molar-refractivity contribution is -0.398. The lowest BCUT2D eigenvalue weighted by Crippen LogP contribution is -2.72. The molecule has 0 aliphatic carbocycles. The third kappa shape index (κ3) is 16.2. The van der Waals surface area contributed by atoms with Gasteiger partial charge in [0.25, 0.3) is 5.79 Å². The molecule has 6 saturated heterocycles. The van der Waals surface area contributed by atoms with E-state index in [0.717, 1.165) is 20.8 Å². The molecule has 0 radical (unpaired) electrons. The third-order valence-corrected chi connectivity index (χ3v) is 15.2. The Morgan fingerprint density at radius 2 is 1.01 bits per heavy atom. The normalized spacial score (nSPS) is 45.2. The van der Waals surface area contributed by atoms with Crippen LogP contribution in [-0.2, 0) is 85.9 Å². The molecular weight excluding hydrogens is 1190 g/mol. The topological polar surface area (TPSA) is 613 Å². The van der Waals surface area contributed by atoms with Crippen molar-refractivity contribution in [3.05, 3.63) is 0 Å². The molecule has 6 aliphatic rings. The Labute approximate surface area is 481 Å². The van der Waals surface area contributed by atoms with Crippen molar-refractivity contribution in [3.8, 4) is 0 Å². The van der Waals surface area contributed by atoms with Crippen molar-refractivity contribution in [1.29, 1.82) is 0 Å². The van der Waals surface area contributed by atoms with Crippen LogP contribution in [-0.4, -0.2) is 346 Å². The lowest BCUT2D eigenvalue weighted by atomic mass is 9.88. The molecule has 0 unspecified atom stereocenters. The smallest absolute Gasteiger partial charge is 0.397 e. The van der Waals surface area contributed by atoms with Gasteiger partial charge in [0.1, 0.15) is 134 Å². The number of carbonyl (C=O) groups excluding carboxylic acids is 3. The van der Waals surface area contributed by atoms with Gasteiger partial charge in [-0.2, -0.15) is 8.42 Å². The van der Waals surface area contributed by atoms with Gasteiger partial charge in [-0.3, -0.25) is 18.9 Å². The maximum absolute atomic E-state index is 13.3. The van der Waals surface area contributed by atoms with Crippen LogP contribution in [0.25, 0.3) is 0 Å². The zero-order valence-electron chi connectivity index (χ0n) is 45.4. The molecule has 40 heteroatoms. The van der Waals surface area contributed by atoms with Gasteiger partial charge in [-0.1, -0.05) is 0 Å². The van der Waals surface area contributed by atoms with Crippen LogP contribution < -0.4 is 16.0 Å². The average Bonchev–Trinajstić information content (AvgIpc) is 1.87. The average molecular weight is 1270 g/mol. The van der Waals surface area contributed by atoms with Crippen molar-refractivity contribution in [1.82, 2.24) is 16.0 Å². The first-order valence-electron chi connectivity index (χ1n) is 26.2. The largest absolute Gasteiger partial charge is 0.477 e. The second kappa shape index (κ2) is 29.5. The van der Waals surface area contributed by atoms with E-state index in [9.17, 15) is 119 Å². The van der Waals surface area contributed by atoms with Gasteiger partial charge < -0.3 is 155 Å². The van der Waals surface area contributed by atoms with Crippen LogP contribution in [0.2, 0.25) is 0 Å². The number of amides is 3. The number of aliphatic hydroxyl groups is 16. The summed E-state index contributed by atoms with van der Waals surface area (Å²) in [5, 5.41) is 192. The Kier molecular flexibility index (Phi) is 24.6. The van der Waals surface area contributed by atoms with E-state index in [0.29, 0.717) is 0 Å². The monoisotopic (exact) mass is 1270 g/mol. The summed E-state index contributed by atoms with van der Waals surface area (Å²) in [6.07, 6.45) is -59.5. The number of aliphatic hydroxyl groups excluding tert-OH is 16. The molecule has 6 rings (SSSR count). The Morgan fingerprint density at radius 1 is 0.553 bits per heavy atom. The van der Waals surface area contributed by atoms with Crippen molar-refractivity contribution >= 4 is 34.1 Å². The fraction of sp³-hybridized carbons (Fsp3) is 0.911. The molecule has 0 aromatic heterocycles. The quantitative estimate of drug-likeness (QED) is 0.0422. The maximum atomic E-state index is 13.3. The van der Waals surface area contributed by atoms with E-state index in [1.165, 1.54) is 6.92 Å². The second-order valence-electron chi connectivity index (χ2n) is 20.9. The number of hydrogen-bond donors (Lipinski definition) is 21. The molecule has 0 aromatic carbocycles. The van der Waals surface area contributed by atoms with E-state index >= 15 is 0 Å². The Morgan fingerprint density at radius 3 is 1.54 bits per heavy atom. The first kappa shape index (κ1) is 70.8. The summed E-state index contributed by atoms with van der Waals surface area (Å²) in [7, 11) is -5.58. The van der Waals surface area contributed by atoms with E-state index in [2.05, 4.69) is 20.1 Å². The molecule has 0 bridgehead atoms. The molecule has 39 nitrogen and oxygen atoms in total. The van der Waals surface area contributed by atoms with Gasteiger partial charge in [0, 0.05) is 27.2 Å². The van der Waals surface area contributed by atoms with Crippen LogP contribution in [0.4, 0.5) is 0 Å². The first-order valence-corrected chi connectivity index (χ1v) is 27.6. The molecular formula is C45H75N3O36S. The van der Waals surface area contributed by atoms with Crippen LogP contribution in [0.5, 0.6) is 0 Å². The van der Waals surface area contributed by atoms with Crippen molar-refractivity contribution in [2.24, 2.45) is 0 Å². The minimum Gasteiger partial charge on any atom is -0.477 e. The van der Waals surface area contributed by atoms with Gasteiger partial charge >= 0.3 is 16.4 Å². The van der Waals surface area contributed by atoms with Crippen LogP contribution >= 0.6 is 0 Å². The molecule has 0 spiro atoms. The minimum atomic E-state index is -5.58. The highest BCUT2D eigenvalue weighted by Crippen LogP contribution is 2.41. The molecule has 6 heterocycles. The highest BCUT2D eigenvalue weighted by Gasteiger charge is 2.62. The SMILES string of the molecule is CC(=O)N[C@@H]1[C@@H](O[C@@H]2O[C@H](CO)[C@H](O)[C@H](O[C@@H]3O[C@H](COS(=O)(=O)O)[C@@H](O[C@@H]4O[C@H](CO)[C@H](O)[C@H](O[C@]5(C(=O)O)C[C@H](O)[C@@H](NC(C)=O)[C@H]([C@H](O)[C@H](O)CO)O5)[C@H]4O)[C@H](O[C@@H]4O[C@@H](C)[C@@H](O)[C@@H](O)[C@@H]4O)[C@H]3NC(C)=O)[C@H]2O)[C@@H](O)[C@@H](CO)O[C@H]1O. The van der Waals surface area contributed by atoms with Crippen molar-refractivity contribution in [3.63, 3.8) is 0 Å². The number of carbonyl (C=O) groups is 4. The second-order valence-corrected chi connectivity index (χ2v) is 22.0. The Bertz CT molecular complexity index is 2340. The summed E-state index contributed by atoms with van der Waals surface area (Å²) < 4.78 is 103. The van der Waals surface area contributed by atoms with E-state index in [1.807, 2.05) is 0 Å². The number of hydrogen-bond acceptors (Lipinski definition) is 34.